The van der Waals surface area contributed by atoms with Crippen LogP contribution >= 0.6 is 0 Å². The summed E-state index contributed by atoms with van der Waals surface area (Å²) in [4.78, 5) is 21.8. The molecule has 0 fully saturated rings. The molecule has 0 saturated carbocycles. The number of carbonyl (C=O) groups excluding carboxylic acids is 1. The largest absolute Gasteiger partial charge is 0.335 e. The van der Waals surface area contributed by atoms with Gasteiger partial charge in [0.25, 0.3) is 11.6 Å². The SMILES string of the molecule is O=C(Nc1ccncc1)c1cc(-c2ccc(F)cc2)nc2onc(-c3ccccc3)c12. The maximum atomic E-state index is 13.4. The molecule has 0 bridgehead atoms. The van der Waals surface area contributed by atoms with Crippen LogP contribution in [-0.2, 0) is 0 Å². The lowest BCUT2D eigenvalue weighted by Crippen LogP contribution is -2.13. The lowest BCUT2D eigenvalue weighted by Gasteiger charge is -2.09. The van der Waals surface area contributed by atoms with Gasteiger partial charge < -0.3 is 9.84 Å². The molecular weight excluding hydrogens is 395 g/mol. The van der Waals surface area contributed by atoms with E-state index in [1.165, 1.54) is 12.1 Å². The van der Waals surface area contributed by atoms with E-state index in [0.717, 1.165) is 5.56 Å². The van der Waals surface area contributed by atoms with Crippen molar-refractivity contribution in [1.82, 2.24) is 15.1 Å². The van der Waals surface area contributed by atoms with Gasteiger partial charge in [-0.05, 0) is 42.5 Å². The minimum Gasteiger partial charge on any atom is -0.335 e. The summed E-state index contributed by atoms with van der Waals surface area (Å²) >= 11 is 0. The molecule has 0 aliphatic rings. The Morgan fingerprint density at radius 1 is 0.903 bits per heavy atom. The summed E-state index contributed by atoms with van der Waals surface area (Å²) in [6, 6.07) is 20.4. The van der Waals surface area contributed by atoms with Crippen LogP contribution in [-0.4, -0.2) is 21.0 Å². The van der Waals surface area contributed by atoms with Crippen molar-refractivity contribution in [3.63, 3.8) is 0 Å². The van der Waals surface area contributed by atoms with Crippen LogP contribution in [0.15, 0.2) is 89.7 Å². The molecule has 0 aliphatic heterocycles. The number of amides is 1. The van der Waals surface area contributed by atoms with E-state index in [9.17, 15) is 9.18 Å². The van der Waals surface area contributed by atoms with Crippen LogP contribution in [0.1, 0.15) is 10.4 Å². The first kappa shape index (κ1) is 18.6. The van der Waals surface area contributed by atoms with Crippen LogP contribution < -0.4 is 5.32 Å². The number of halogens is 1. The third-order valence-corrected chi connectivity index (χ3v) is 4.82. The molecule has 0 saturated heterocycles. The first-order chi connectivity index (χ1) is 15.2. The van der Waals surface area contributed by atoms with Gasteiger partial charge in [-0.2, -0.15) is 0 Å². The molecule has 7 heteroatoms. The zero-order valence-corrected chi connectivity index (χ0v) is 16.1. The lowest BCUT2D eigenvalue weighted by atomic mass is 10.0. The van der Waals surface area contributed by atoms with Gasteiger partial charge in [0.2, 0.25) is 0 Å². The Kier molecular flexibility index (Phi) is 4.68. The molecule has 3 heterocycles. The number of aromatic nitrogens is 3. The van der Waals surface area contributed by atoms with E-state index in [1.54, 1.807) is 42.7 Å². The number of nitrogens with zero attached hydrogens (tertiary/aromatic N) is 3. The number of hydrogen-bond acceptors (Lipinski definition) is 5. The monoisotopic (exact) mass is 410 g/mol. The van der Waals surface area contributed by atoms with Crippen molar-refractivity contribution in [1.29, 1.82) is 0 Å². The van der Waals surface area contributed by atoms with E-state index in [4.69, 9.17) is 4.52 Å². The van der Waals surface area contributed by atoms with Crippen LogP contribution in [0, 0.1) is 5.82 Å². The summed E-state index contributed by atoms with van der Waals surface area (Å²) in [6.07, 6.45) is 3.19. The third kappa shape index (κ3) is 3.64. The number of nitrogens with one attached hydrogen (secondary N) is 1. The second kappa shape index (κ2) is 7.79. The number of hydrogen-bond donors (Lipinski definition) is 1. The molecule has 31 heavy (non-hydrogen) atoms. The zero-order chi connectivity index (χ0) is 21.2. The maximum absolute atomic E-state index is 13.4. The number of anilines is 1. The van der Waals surface area contributed by atoms with Gasteiger partial charge in [0.1, 0.15) is 11.5 Å². The minimum atomic E-state index is -0.355. The van der Waals surface area contributed by atoms with Crippen molar-refractivity contribution < 1.29 is 13.7 Å². The van der Waals surface area contributed by atoms with E-state index in [1.807, 2.05) is 30.3 Å². The number of rotatable bonds is 4. The molecule has 5 aromatic rings. The predicted molar refractivity (Wildman–Crippen MR) is 115 cm³/mol. The van der Waals surface area contributed by atoms with Crippen LogP contribution in [0.5, 0.6) is 0 Å². The molecular formula is C24H15FN4O2. The highest BCUT2D eigenvalue weighted by atomic mass is 19.1. The first-order valence-corrected chi connectivity index (χ1v) is 9.52. The fourth-order valence-corrected chi connectivity index (χ4v) is 3.33. The summed E-state index contributed by atoms with van der Waals surface area (Å²) in [5, 5.41) is 7.55. The van der Waals surface area contributed by atoms with Crippen molar-refractivity contribution in [3.05, 3.63) is 96.6 Å². The smallest absolute Gasteiger partial charge is 0.259 e. The van der Waals surface area contributed by atoms with E-state index in [2.05, 4.69) is 20.4 Å². The molecule has 0 unspecified atom stereocenters. The third-order valence-electron chi connectivity index (χ3n) is 4.82. The molecule has 3 aromatic heterocycles. The highest BCUT2D eigenvalue weighted by molar-refractivity contribution is 6.15. The Bertz CT molecular complexity index is 1370. The molecule has 150 valence electrons. The fourth-order valence-electron chi connectivity index (χ4n) is 3.33. The highest BCUT2D eigenvalue weighted by Crippen LogP contribution is 2.33. The van der Waals surface area contributed by atoms with Gasteiger partial charge in [-0.3, -0.25) is 9.78 Å². The standard InChI is InChI=1S/C24H15FN4O2/c25-17-8-6-15(7-9-17)20-14-19(23(30)27-18-10-12-26-13-11-18)21-22(29-31-24(21)28-20)16-4-2-1-3-5-16/h1-14H,(H,26,27,30). The molecule has 0 spiro atoms. The van der Waals surface area contributed by atoms with Gasteiger partial charge in [0.15, 0.2) is 0 Å². The average Bonchev–Trinajstić information content (AvgIpc) is 3.24. The molecule has 2 aromatic carbocycles. The van der Waals surface area contributed by atoms with E-state index >= 15 is 0 Å². The summed E-state index contributed by atoms with van der Waals surface area (Å²) < 4.78 is 18.9. The summed E-state index contributed by atoms with van der Waals surface area (Å²) in [5.41, 5.74) is 3.62. The molecule has 1 amide bonds. The van der Waals surface area contributed by atoms with E-state index in [-0.39, 0.29) is 17.4 Å². The van der Waals surface area contributed by atoms with Crippen molar-refractivity contribution in [2.75, 3.05) is 5.32 Å². The molecule has 0 atom stereocenters. The fraction of sp³-hybridized carbons (Fsp3) is 0. The maximum Gasteiger partial charge on any atom is 0.259 e. The van der Waals surface area contributed by atoms with Crippen LogP contribution in [0.2, 0.25) is 0 Å². The number of carbonyl (C=O) groups is 1. The second-order valence-electron chi connectivity index (χ2n) is 6.83. The van der Waals surface area contributed by atoms with Crippen LogP contribution in [0.4, 0.5) is 10.1 Å². The van der Waals surface area contributed by atoms with Gasteiger partial charge in [-0.15, -0.1) is 0 Å². The van der Waals surface area contributed by atoms with Gasteiger partial charge in [-0.1, -0.05) is 35.5 Å². The highest BCUT2D eigenvalue weighted by Gasteiger charge is 2.22. The molecule has 5 rings (SSSR count). The summed E-state index contributed by atoms with van der Waals surface area (Å²) in [7, 11) is 0. The number of benzene rings is 2. The van der Waals surface area contributed by atoms with Crippen molar-refractivity contribution in [2.45, 2.75) is 0 Å². The predicted octanol–water partition coefficient (Wildman–Crippen LogP) is 5.34. The van der Waals surface area contributed by atoms with Crippen LogP contribution in [0.3, 0.4) is 0 Å². The molecule has 1 N–H and O–H groups in total. The Morgan fingerprint density at radius 2 is 1.65 bits per heavy atom. The molecule has 0 radical (unpaired) electrons. The number of pyridine rings is 2. The second-order valence-corrected chi connectivity index (χ2v) is 6.83. The van der Waals surface area contributed by atoms with Gasteiger partial charge in [0.05, 0.1) is 16.6 Å². The van der Waals surface area contributed by atoms with Crippen molar-refractivity contribution in [2.24, 2.45) is 0 Å². The van der Waals surface area contributed by atoms with Gasteiger partial charge in [-0.25, -0.2) is 9.37 Å². The Balaban J connectivity index is 1.69. The zero-order valence-electron chi connectivity index (χ0n) is 16.1. The topological polar surface area (TPSA) is 80.9 Å². The number of fused-ring (bicyclic) bond motifs is 1. The van der Waals surface area contributed by atoms with Gasteiger partial charge >= 0.3 is 0 Å². The van der Waals surface area contributed by atoms with E-state index in [0.29, 0.717) is 33.6 Å². The van der Waals surface area contributed by atoms with E-state index < -0.39 is 0 Å². The minimum absolute atomic E-state index is 0.223. The molecule has 0 aliphatic carbocycles. The van der Waals surface area contributed by atoms with Gasteiger partial charge in [0, 0.05) is 29.2 Å². The molecule has 6 nitrogen and oxygen atoms in total. The Hall–Kier alpha value is -4.39. The van der Waals surface area contributed by atoms with Crippen molar-refractivity contribution in [3.8, 4) is 22.5 Å². The summed E-state index contributed by atoms with van der Waals surface area (Å²) in [6.45, 7) is 0. The Labute approximate surface area is 176 Å². The van der Waals surface area contributed by atoms with Crippen molar-refractivity contribution >= 4 is 22.7 Å². The summed E-state index contributed by atoms with van der Waals surface area (Å²) in [5.74, 6) is -0.700. The van der Waals surface area contributed by atoms with Crippen LogP contribution in [0.25, 0.3) is 33.6 Å². The Morgan fingerprint density at radius 3 is 2.39 bits per heavy atom. The quantitative estimate of drug-likeness (QED) is 0.432. The lowest BCUT2D eigenvalue weighted by molar-refractivity contribution is 0.102. The normalized spacial score (nSPS) is 10.9. The average molecular weight is 410 g/mol. The first-order valence-electron chi connectivity index (χ1n) is 9.52.